The maximum atomic E-state index is 14.7. The molecule has 312 valence electrons. The Kier molecular flexibility index (Phi) is 14.4. The number of nitrogens with zero attached hydrogens (tertiary/aromatic N) is 3. The van der Waals surface area contributed by atoms with E-state index in [1.165, 1.54) is 29.7 Å². The summed E-state index contributed by atoms with van der Waals surface area (Å²) in [6.07, 6.45) is 3.66. The van der Waals surface area contributed by atoms with E-state index in [1.807, 2.05) is 13.8 Å². The Morgan fingerprint density at radius 1 is 0.930 bits per heavy atom. The third-order valence-corrected chi connectivity index (χ3v) is 11.1. The van der Waals surface area contributed by atoms with Gasteiger partial charge in [-0.3, -0.25) is 28.8 Å². The van der Waals surface area contributed by atoms with Crippen LogP contribution in [0.5, 0.6) is 0 Å². The zero-order valence-electron chi connectivity index (χ0n) is 32.9. The minimum Gasteiger partial charge on any atom is -0.458 e. The molecule has 0 saturated carbocycles. The number of benzene rings is 1. The van der Waals surface area contributed by atoms with E-state index in [9.17, 15) is 47.4 Å². The fraction of sp³-hybridized carbons (Fsp3) is 0.625. The van der Waals surface area contributed by atoms with Gasteiger partial charge < -0.3 is 40.5 Å². The van der Waals surface area contributed by atoms with Gasteiger partial charge in [0.2, 0.25) is 35.4 Å². The van der Waals surface area contributed by atoms with Crippen molar-refractivity contribution in [3.63, 3.8) is 0 Å². The normalized spacial score (nSPS) is 29.4. The van der Waals surface area contributed by atoms with Crippen LogP contribution in [-0.4, -0.2) is 129 Å². The monoisotopic (exact) mass is 800 g/mol. The number of amides is 6. The molecule has 0 radical (unpaired) electrons. The number of cyclic esters (lactones) is 1. The zero-order chi connectivity index (χ0) is 41.6. The summed E-state index contributed by atoms with van der Waals surface area (Å²) in [6, 6.07) is -4.92. The first-order valence-corrected chi connectivity index (χ1v) is 19.9. The molecule has 5 rings (SSSR count). The molecular weight excluding hydrogens is 746 g/mol. The predicted molar refractivity (Wildman–Crippen MR) is 201 cm³/mol. The smallest absolute Gasteiger partial charge is 0.329 e. The minimum absolute atomic E-state index is 0.0227. The molecule has 6 amide bonds. The van der Waals surface area contributed by atoms with Gasteiger partial charge in [0.05, 0.1) is 6.10 Å². The van der Waals surface area contributed by atoms with Crippen molar-refractivity contribution >= 4 is 41.4 Å². The number of ether oxygens (including phenoxy) is 1. The Morgan fingerprint density at radius 2 is 1.63 bits per heavy atom. The second-order valence-electron chi connectivity index (χ2n) is 15.7. The molecule has 0 bridgehead atoms. The number of carbonyl (C=O) groups excluding carboxylic acids is 7. The second-order valence-corrected chi connectivity index (χ2v) is 15.7. The number of rotatable bonds is 9. The molecule has 4 aliphatic rings. The highest BCUT2D eigenvalue weighted by Gasteiger charge is 2.49. The first-order valence-electron chi connectivity index (χ1n) is 19.9. The average molecular weight is 801 g/mol. The van der Waals surface area contributed by atoms with E-state index in [4.69, 9.17) is 4.74 Å². The highest BCUT2D eigenvalue weighted by atomic mass is 19.1. The van der Waals surface area contributed by atoms with Crippen LogP contribution in [0.1, 0.15) is 84.6 Å². The number of halogens is 2. The number of fused-ring (bicyclic) bond motifs is 3. The SMILES string of the molecule is CCCC/C=C/C(=O)N[C@@H](Cc1cc(F)cc(F)c1)C(=O)N[C@@H]1C(=O)N2C[C@H](O)C[C@H]2C(=O)N2CCCC[C@H]2C(=O)N[C@@H](C)C(=O)N2C[C@@H](C)CC2C(=O)O[C@H]1C. The third-order valence-electron chi connectivity index (χ3n) is 11.1. The molecule has 0 aromatic heterocycles. The number of carbonyl (C=O) groups is 7. The van der Waals surface area contributed by atoms with E-state index in [-0.39, 0.29) is 44.0 Å². The number of nitrogens with one attached hydrogen (secondary N) is 3. The Morgan fingerprint density at radius 3 is 2.33 bits per heavy atom. The van der Waals surface area contributed by atoms with Crippen molar-refractivity contribution in [2.75, 3.05) is 19.6 Å². The number of hydrogen-bond acceptors (Lipinski definition) is 9. The van der Waals surface area contributed by atoms with E-state index in [0.717, 1.165) is 29.9 Å². The predicted octanol–water partition coefficient (Wildman–Crippen LogP) is 1.25. The molecule has 9 atom stereocenters. The van der Waals surface area contributed by atoms with Crippen LogP contribution >= 0.6 is 0 Å². The second kappa shape index (κ2) is 19.0. The van der Waals surface area contributed by atoms with Gasteiger partial charge in [-0.25, -0.2) is 13.6 Å². The van der Waals surface area contributed by atoms with Crippen LogP contribution in [0.3, 0.4) is 0 Å². The molecular formula is C40H54F2N6O9. The lowest BCUT2D eigenvalue weighted by molar-refractivity contribution is -0.163. The maximum Gasteiger partial charge on any atom is 0.329 e. The summed E-state index contributed by atoms with van der Waals surface area (Å²) in [5, 5.41) is 18.7. The van der Waals surface area contributed by atoms with Crippen LogP contribution in [0, 0.1) is 17.6 Å². The summed E-state index contributed by atoms with van der Waals surface area (Å²) >= 11 is 0. The fourth-order valence-corrected chi connectivity index (χ4v) is 8.13. The minimum atomic E-state index is -1.71. The zero-order valence-corrected chi connectivity index (χ0v) is 32.9. The Hall–Kier alpha value is -4.93. The Bertz CT molecular complexity index is 1720. The number of esters is 1. The van der Waals surface area contributed by atoms with Gasteiger partial charge in [-0.05, 0) is 75.6 Å². The number of unbranched alkanes of at least 4 members (excludes halogenated alkanes) is 2. The van der Waals surface area contributed by atoms with E-state index in [2.05, 4.69) is 16.0 Å². The van der Waals surface area contributed by atoms with Crippen molar-refractivity contribution in [1.82, 2.24) is 30.7 Å². The van der Waals surface area contributed by atoms with Gasteiger partial charge >= 0.3 is 5.97 Å². The number of aliphatic hydroxyl groups excluding tert-OH is 1. The molecule has 17 heteroatoms. The number of allylic oxidation sites excluding steroid dienone is 1. The van der Waals surface area contributed by atoms with Crippen molar-refractivity contribution in [2.45, 2.75) is 134 Å². The first kappa shape index (κ1) is 43.2. The molecule has 4 N–H and O–H groups in total. The van der Waals surface area contributed by atoms with Gasteiger partial charge in [-0.2, -0.15) is 0 Å². The molecule has 4 fully saturated rings. The van der Waals surface area contributed by atoms with Crippen LogP contribution < -0.4 is 16.0 Å². The summed E-state index contributed by atoms with van der Waals surface area (Å²) in [4.78, 5) is 101. The molecule has 0 spiro atoms. The van der Waals surface area contributed by atoms with Crippen LogP contribution in [0.25, 0.3) is 0 Å². The number of hydrogen-bond donors (Lipinski definition) is 4. The highest BCUT2D eigenvalue weighted by Crippen LogP contribution is 2.29. The topological polar surface area (TPSA) is 195 Å². The molecule has 4 aliphatic heterocycles. The van der Waals surface area contributed by atoms with Gasteiger partial charge in [0, 0.05) is 38.5 Å². The van der Waals surface area contributed by atoms with E-state index in [1.54, 1.807) is 6.08 Å². The summed E-state index contributed by atoms with van der Waals surface area (Å²) < 4.78 is 34.3. The van der Waals surface area contributed by atoms with Crippen LogP contribution in [0.15, 0.2) is 30.4 Å². The van der Waals surface area contributed by atoms with Gasteiger partial charge in [0.15, 0.2) is 0 Å². The lowest BCUT2D eigenvalue weighted by Gasteiger charge is -2.39. The average Bonchev–Trinajstić information content (AvgIpc) is 3.75. The van der Waals surface area contributed by atoms with Crippen LogP contribution in [-0.2, 0) is 44.7 Å². The van der Waals surface area contributed by atoms with Gasteiger partial charge in [0.1, 0.15) is 54.0 Å². The van der Waals surface area contributed by atoms with Gasteiger partial charge in [-0.15, -0.1) is 0 Å². The highest BCUT2D eigenvalue weighted by molar-refractivity contribution is 5.98. The van der Waals surface area contributed by atoms with Crippen molar-refractivity contribution in [2.24, 2.45) is 5.92 Å². The molecule has 4 heterocycles. The molecule has 1 aromatic carbocycles. The fourth-order valence-electron chi connectivity index (χ4n) is 8.13. The van der Waals surface area contributed by atoms with Crippen molar-refractivity contribution in [1.29, 1.82) is 0 Å². The van der Waals surface area contributed by atoms with Gasteiger partial charge in [-0.1, -0.05) is 32.8 Å². The standard InChI is InChI=1S/C40H54F2N6O9/c1-5-6-7-8-12-33(50)44-29(17-25-15-26(41)18-27(42)16-25)35(51)45-34-24(4)57-40(56)32-14-22(2)20-47(32)37(53)23(3)43-36(52)30-11-9-10-13-46(30)38(54)31-19-28(49)21-48(31)39(34)55/h8,12,15-16,18,22-24,28-32,34,49H,5-7,9-11,13-14,17,19-21H2,1-4H3,(H,43,52)(H,44,50)(H,45,51)/b12-8+/t22-,23-,24-,28+,29-,30-,31-,32?,34-/m0/s1. The van der Waals surface area contributed by atoms with Crippen molar-refractivity contribution in [3.05, 3.63) is 47.5 Å². The lowest BCUT2D eigenvalue weighted by atomic mass is 9.98. The van der Waals surface area contributed by atoms with E-state index < -0.39 is 108 Å². The van der Waals surface area contributed by atoms with Crippen molar-refractivity contribution in [3.8, 4) is 0 Å². The maximum absolute atomic E-state index is 14.7. The van der Waals surface area contributed by atoms with Gasteiger partial charge in [0.25, 0.3) is 0 Å². The quantitative estimate of drug-likeness (QED) is 0.162. The van der Waals surface area contributed by atoms with Crippen molar-refractivity contribution < 1.29 is 52.2 Å². The Labute approximate surface area is 330 Å². The third kappa shape index (κ3) is 10.5. The summed E-state index contributed by atoms with van der Waals surface area (Å²) in [6.45, 7) is 6.72. The molecule has 4 saturated heterocycles. The molecule has 57 heavy (non-hydrogen) atoms. The van der Waals surface area contributed by atoms with Crippen LogP contribution in [0.2, 0.25) is 0 Å². The summed E-state index contributed by atoms with van der Waals surface area (Å²) in [7, 11) is 0. The molecule has 1 unspecified atom stereocenters. The molecule has 15 nitrogen and oxygen atoms in total. The summed E-state index contributed by atoms with van der Waals surface area (Å²) in [5.74, 6) is -7.09. The van der Waals surface area contributed by atoms with E-state index >= 15 is 0 Å². The summed E-state index contributed by atoms with van der Waals surface area (Å²) in [5.41, 5.74) is 0.0227. The van der Waals surface area contributed by atoms with E-state index in [0.29, 0.717) is 31.7 Å². The first-order chi connectivity index (χ1) is 27.1. The number of aliphatic hydroxyl groups is 1. The van der Waals surface area contributed by atoms with Crippen LogP contribution in [0.4, 0.5) is 8.78 Å². The molecule has 1 aromatic rings. The molecule has 0 aliphatic carbocycles. The lowest BCUT2D eigenvalue weighted by Crippen LogP contribution is -2.63. The number of piperidine rings is 1. The largest absolute Gasteiger partial charge is 0.458 e. The Balaban J connectivity index is 1.52.